The molecule has 126 valence electrons. The summed E-state index contributed by atoms with van der Waals surface area (Å²) in [5, 5.41) is 7.87. The molecule has 0 radical (unpaired) electrons. The van der Waals surface area contributed by atoms with Crippen molar-refractivity contribution in [2.24, 2.45) is 0 Å². The van der Waals surface area contributed by atoms with Gasteiger partial charge in [0.25, 0.3) is 5.91 Å². The van der Waals surface area contributed by atoms with Gasteiger partial charge in [-0.25, -0.2) is 0 Å². The van der Waals surface area contributed by atoms with Crippen LogP contribution in [0.15, 0.2) is 30.3 Å². The van der Waals surface area contributed by atoms with Gasteiger partial charge in [0.2, 0.25) is 0 Å². The lowest BCUT2D eigenvalue weighted by atomic mass is 10.0. The van der Waals surface area contributed by atoms with Crippen molar-refractivity contribution in [2.45, 2.75) is 25.9 Å². The number of nitrogens with zero attached hydrogens (tertiary/aromatic N) is 3. The Morgan fingerprint density at radius 3 is 2.83 bits per heavy atom. The van der Waals surface area contributed by atoms with E-state index in [0.29, 0.717) is 17.3 Å². The first-order chi connectivity index (χ1) is 11.4. The van der Waals surface area contributed by atoms with Crippen molar-refractivity contribution in [2.75, 3.05) is 18.6 Å². The molecule has 7 heteroatoms. The van der Waals surface area contributed by atoms with Crippen molar-refractivity contribution in [3.8, 4) is 11.5 Å². The van der Waals surface area contributed by atoms with Gasteiger partial charge in [-0.1, -0.05) is 23.7 Å². The molecule has 0 N–H and O–H groups in total. The number of likely N-dealkylation sites (N-methyl/N-ethyl adjacent to an activating group) is 1. The molecule has 1 aromatic carbocycles. The molecule has 0 aliphatic carbocycles. The SMILES string of the molecule is CN(C(=O)COc1cccc2c1OC(C)(C)C2)c1ccc(Cl)nn1. The molecule has 0 saturated carbocycles. The highest BCUT2D eigenvalue weighted by Crippen LogP contribution is 2.41. The standard InChI is InChI=1S/C17H18ClN3O3/c1-17(2)9-11-5-4-6-12(16(11)24-17)23-10-15(22)21(3)14-8-7-13(18)19-20-14/h4-8H,9-10H2,1-3H3. The fourth-order valence-corrected chi connectivity index (χ4v) is 2.65. The molecule has 0 fully saturated rings. The third kappa shape index (κ3) is 3.43. The summed E-state index contributed by atoms with van der Waals surface area (Å²) in [5.74, 6) is 1.44. The van der Waals surface area contributed by atoms with Gasteiger partial charge in [0.1, 0.15) is 5.60 Å². The fraction of sp³-hybridized carbons (Fsp3) is 0.353. The van der Waals surface area contributed by atoms with E-state index in [0.717, 1.165) is 12.0 Å². The molecule has 24 heavy (non-hydrogen) atoms. The van der Waals surface area contributed by atoms with Crippen LogP contribution in [0, 0.1) is 0 Å². The van der Waals surface area contributed by atoms with Gasteiger partial charge < -0.3 is 9.47 Å². The van der Waals surface area contributed by atoms with Gasteiger partial charge in [0.05, 0.1) is 0 Å². The van der Waals surface area contributed by atoms with Gasteiger partial charge in [-0.05, 0) is 32.0 Å². The number of aromatic nitrogens is 2. The van der Waals surface area contributed by atoms with Crippen LogP contribution in [-0.4, -0.2) is 35.4 Å². The van der Waals surface area contributed by atoms with Crippen LogP contribution >= 0.6 is 11.6 Å². The molecule has 3 rings (SSSR count). The second kappa shape index (κ2) is 6.28. The second-order valence-corrected chi connectivity index (χ2v) is 6.63. The van der Waals surface area contributed by atoms with Crippen molar-refractivity contribution in [3.63, 3.8) is 0 Å². The Labute approximate surface area is 145 Å². The molecule has 0 unspecified atom stereocenters. The monoisotopic (exact) mass is 347 g/mol. The van der Waals surface area contributed by atoms with E-state index in [1.54, 1.807) is 25.2 Å². The van der Waals surface area contributed by atoms with E-state index in [4.69, 9.17) is 21.1 Å². The van der Waals surface area contributed by atoms with Crippen molar-refractivity contribution in [1.29, 1.82) is 0 Å². The van der Waals surface area contributed by atoms with Gasteiger partial charge in [0.15, 0.2) is 29.1 Å². The van der Waals surface area contributed by atoms with E-state index < -0.39 is 0 Å². The smallest absolute Gasteiger partial charge is 0.265 e. The number of anilines is 1. The zero-order valence-corrected chi connectivity index (χ0v) is 14.5. The normalized spacial score (nSPS) is 14.7. The second-order valence-electron chi connectivity index (χ2n) is 6.24. The number of carbonyl (C=O) groups is 1. The summed E-state index contributed by atoms with van der Waals surface area (Å²) >= 11 is 5.70. The summed E-state index contributed by atoms with van der Waals surface area (Å²) in [6.45, 7) is 3.92. The first kappa shape index (κ1) is 16.5. The van der Waals surface area contributed by atoms with E-state index in [2.05, 4.69) is 10.2 Å². The minimum Gasteiger partial charge on any atom is -0.483 e. The molecule has 6 nitrogen and oxygen atoms in total. The number of para-hydroxylation sites is 1. The lowest BCUT2D eigenvalue weighted by molar-refractivity contribution is -0.120. The highest BCUT2D eigenvalue weighted by atomic mass is 35.5. The van der Waals surface area contributed by atoms with Gasteiger partial charge in [0, 0.05) is 19.0 Å². The Morgan fingerprint density at radius 2 is 2.12 bits per heavy atom. The lowest BCUT2D eigenvalue weighted by Gasteiger charge is -2.19. The van der Waals surface area contributed by atoms with E-state index in [9.17, 15) is 4.79 Å². The summed E-state index contributed by atoms with van der Waals surface area (Å²) in [7, 11) is 1.61. The number of benzene rings is 1. The maximum absolute atomic E-state index is 12.3. The third-order valence-corrected chi connectivity index (χ3v) is 3.94. The van der Waals surface area contributed by atoms with Crippen LogP contribution in [0.25, 0.3) is 0 Å². The minimum atomic E-state index is -0.262. The van der Waals surface area contributed by atoms with Crippen LogP contribution in [0.3, 0.4) is 0 Å². The van der Waals surface area contributed by atoms with Crippen LogP contribution < -0.4 is 14.4 Å². The van der Waals surface area contributed by atoms with Gasteiger partial charge in [-0.3, -0.25) is 9.69 Å². The number of amides is 1. The first-order valence-corrected chi connectivity index (χ1v) is 7.93. The van der Waals surface area contributed by atoms with Crippen LogP contribution in [0.2, 0.25) is 5.15 Å². The molecule has 1 aliphatic heterocycles. The summed E-state index contributed by atoms with van der Waals surface area (Å²) in [6.07, 6.45) is 0.813. The molecular weight excluding hydrogens is 330 g/mol. The largest absolute Gasteiger partial charge is 0.483 e. The molecule has 1 aromatic heterocycles. The average Bonchev–Trinajstić information content (AvgIpc) is 2.87. The Kier molecular flexibility index (Phi) is 4.32. The Bertz CT molecular complexity index is 762. The highest BCUT2D eigenvalue weighted by molar-refractivity contribution is 6.29. The zero-order chi connectivity index (χ0) is 17.3. The number of fused-ring (bicyclic) bond motifs is 1. The zero-order valence-electron chi connectivity index (χ0n) is 13.7. The predicted octanol–water partition coefficient (Wildman–Crippen LogP) is 2.89. The Balaban J connectivity index is 1.67. The lowest BCUT2D eigenvalue weighted by Crippen LogP contribution is -2.32. The number of carbonyl (C=O) groups excluding carboxylic acids is 1. The predicted molar refractivity (Wildman–Crippen MR) is 90.8 cm³/mol. The van der Waals surface area contributed by atoms with Crippen LogP contribution in [0.1, 0.15) is 19.4 Å². The molecule has 1 aliphatic rings. The number of ether oxygens (including phenoxy) is 2. The number of hydrogen-bond acceptors (Lipinski definition) is 5. The number of hydrogen-bond donors (Lipinski definition) is 0. The van der Waals surface area contributed by atoms with Crippen LogP contribution in [0.5, 0.6) is 11.5 Å². The summed E-state index contributed by atoms with van der Waals surface area (Å²) < 4.78 is 11.6. The topological polar surface area (TPSA) is 64.6 Å². The summed E-state index contributed by atoms with van der Waals surface area (Å²) in [6, 6.07) is 8.91. The highest BCUT2D eigenvalue weighted by Gasteiger charge is 2.32. The fourth-order valence-electron chi connectivity index (χ4n) is 2.55. The van der Waals surface area contributed by atoms with E-state index in [1.807, 2.05) is 26.0 Å². The van der Waals surface area contributed by atoms with Crippen LogP contribution in [-0.2, 0) is 11.2 Å². The molecule has 2 heterocycles. The molecule has 2 aromatic rings. The summed E-state index contributed by atoms with van der Waals surface area (Å²) in [4.78, 5) is 13.7. The molecule has 0 atom stereocenters. The van der Waals surface area contributed by atoms with Gasteiger partial charge >= 0.3 is 0 Å². The van der Waals surface area contributed by atoms with Crippen molar-refractivity contribution < 1.29 is 14.3 Å². The van der Waals surface area contributed by atoms with E-state index in [-0.39, 0.29) is 23.3 Å². The van der Waals surface area contributed by atoms with Gasteiger partial charge in [-0.15, -0.1) is 10.2 Å². The quantitative estimate of drug-likeness (QED) is 0.850. The summed E-state index contributed by atoms with van der Waals surface area (Å²) in [5.41, 5.74) is 0.823. The average molecular weight is 348 g/mol. The van der Waals surface area contributed by atoms with Crippen molar-refractivity contribution >= 4 is 23.3 Å². The maximum atomic E-state index is 12.3. The van der Waals surface area contributed by atoms with Crippen molar-refractivity contribution in [3.05, 3.63) is 41.0 Å². The maximum Gasteiger partial charge on any atom is 0.265 e. The molecule has 0 bridgehead atoms. The van der Waals surface area contributed by atoms with Gasteiger partial charge in [-0.2, -0.15) is 0 Å². The Morgan fingerprint density at radius 1 is 1.33 bits per heavy atom. The molecular formula is C17H18ClN3O3. The van der Waals surface area contributed by atoms with E-state index >= 15 is 0 Å². The Hall–Kier alpha value is -2.34. The molecule has 1 amide bonds. The number of halogens is 1. The van der Waals surface area contributed by atoms with Crippen molar-refractivity contribution in [1.82, 2.24) is 10.2 Å². The number of rotatable bonds is 4. The first-order valence-electron chi connectivity index (χ1n) is 7.55. The van der Waals surface area contributed by atoms with E-state index in [1.165, 1.54) is 4.90 Å². The molecule has 0 spiro atoms. The van der Waals surface area contributed by atoms with Crippen LogP contribution in [0.4, 0.5) is 5.82 Å². The minimum absolute atomic E-state index is 0.124. The molecule has 0 saturated heterocycles. The third-order valence-electron chi connectivity index (χ3n) is 3.74.